The lowest BCUT2D eigenvalue weighted by Crippen LogP contribution is -2.25. The zero-order valence-corrected chi connectivity index (χ0v) is 15.0. The Morgan fingerprint density at radius 3 is 2.88 bits per heavy atom. The number of aromatic amines is 1. The molecule has 2 atom stereocenters. The van der Waals surface area contributed by atoms with Crippen molar-refractivity contribution in [3.05, 3.63) is 64.6 Å². The number of hydrogen-bond acceptors (Lipinski definition) is 3. The normalized spacial score (nSPS) is 20.0. The maximum atomic E-state index is 11.1. The molecular weight excluding hydrogens is 334 g/mol. The van der Waals surface area contributed by atoms with E-state index in [2.05, 4.69) is 15.3 Å². The Balaban J connectivity index is 1.73. The van der Waals surface area contributed by atoms with Crippen molar-refractivity contribution in [2.24, 2.45) is 0 Å². The first-order valence-corrected chi connectivity index (χ1v) is 9.06. The number of aromatic nitrogens is 2. The molecule has 0 aliphatic carbocycles. The Kier molecular flexibility index (Phi) is 4.28. The second-order valence-electron chi connectivity index (χ2n) is 7.08. The molecule has 0 spiro atoms. The van der Waals surface area contributed by atoms with E-state index in [1.165, 1.54) is 16.6 Å². The molecule has 0 amide bonds. The van der Waals surface area contributed by atoms with E-state index in [0.717, 1.165) is 35.6 Å². The molecule has 1 aromatic carbocycles. The van der Waals surface area contributed by atoms with E-state index in [0.29, 0.717) is 6.42 Å². The van der Waals surface area contributed by atoms with E-state index in [1.807, 2.05) is 37.3 Å². The van der Waals surface area contributed by atoms with Crippen LogP contribution in [-0.2, 0) is 12.1 Å². The lowest BCUT2D eigenvalue weighted by molar-refractivity contribution is 0.0387. The maximum absolute atomic E-state index is 11.1. The third-order valence-electron chi connectivity index (χ3n) is 5.23. The number of rotatable bonds is 3. The van der Waals surface area contributed by atoms with Crippen molar-refractivity contribution < 1.29 is 5.11 Å². The molecule has 2 aromatic heterocycles. The number of H-pyrrole nitrogens is 1. The van der Waals surface area contributed by atoms with Crippen LogP contribution in [0.5, 0.6) is 0 Å². The number of halogens is 1. The molecule has 3 aromatic rings. The zero-order valence-electron chi connectivity index (χ0n) is 14.2. The SMILES string of the molecule is CC(O)(CC1CCNCc2c1[nH]c1ccc(Cl)cc21)c1ccncc1. The largest absolute Gasteiger partial charge is 0.385 e. The van der Waals surface area contributed by atoms with Crippen LogP contribution in [0, 0.1) is 0 Å². The third kappa shape index (κ3) is 3.17. The highest BCUT2D eigenvalue weighted by atomic mass is 35.5. The molecule has 0 radical (unpaired) electrons. The quantitative estimate of drug-likeness (QED) is 0.663. The minimum atomic E-state index is -0.899. The number of hydrogen-bond donors (Lipinski definition) is 3. The second-order valence-corrected chi connectivity index (χ2v) is 7.52. The first-order valence-electron chi connectivity index (χ1n) is 8.68. The molecule has 4 nitrogen and oxygen atoms in total. The molecule has 0 fully saturated rings. The highest BCUT2D eigenvalue weighted by Gasteiger charge is 2.31. The summed E-state index contributed by atoms with van der Waals surface area (Å²) < 4.78 is 0. The van der Waals surface area contributed by atoms with Crippen LogP contribution >= 0.6 is 11.6 Å². The van der Waals surface area contributed by atoms with Crippen LogP contribution in [0.4, 0.5) is 0 Å². The van der Waals surface area contributed by atoms with Crippen molar-refractivity contribution in [1.29, 1.82) is 0 Å². The van der Waals surface area contributed by atoms with Crippen molar-refractivity contribution in [2.75, 3.05) is 6.54 Å². The molecule has 1 aliphatic rings. The highest BCUT2D eigenvalue weighted by molar-refractivity contribution is 6.31. The van der Waals surface area contributed by atoms with Crippen LogP contribution < -0.4 is 5.32 Å². The highest BCUT2D eigenvalue weighted by Crippen LogP contribution is 2.39. The fourth-order valence-electron chi connectivity index (χ4n) is 3.93. The standard InChI is InChI=1S/C20H22ClN3O/c1-20(25,14-5-8-22-9-6-14)11-13-4-7-23-12-17-16-10-15(21)2-3-18(16)24-19(13)17/h2-3,5-6,8-10,13,23-25H,4,7,11-12H2,1H3. The molecule has 0 bridgehead atoms. The van der Waals surface area contributed by atoms with Crippen molar-refractivity contribution in [1.82, 2.24) is 15.3 Å². The van der Waals surface area contributed by atoms with Gasteiger partial charge >= 0.3 is 0 Å². The Morgan fingerprint density at radius 2 is 2.08 bits per heavy atom. The molecule has 5 heteroatoms. The fourth-order valence-corrected chi connectivity index (χ4v) is 4.10. The summed E-state index contributed by atoms with van der Waals surface area (Å²) in [6.45, 7) is 3.64. The number of fused-ring (bicyclic) bond motifs is 3. The lowest BCUT2D eigenvalue weighted by atomic mass is 9.83. The second kappa shape index (κ2) is 6.45. The van der Waals surface area contributed by atoms with E-state index < -0.39 is 5.60 Å². The summed E-state index contributed by atoms with van der Waals surface area (Å²) in [5.74, 6) is 0.249. The van der Waals surface area contributed by atoms with E-state index >= 15 is 0 Å². The third-order valence-corrected chi connectivity index (χ3v) is 5.46. The first-order chi connectivity index (χ1) is 12.0. The van der Waals surface area contributed by atoms with E-state index in [9.17, 15) is 5.11 Å². The summed E-state index contributed by atoms with van der Waals surface area (Å²) >= 11 is 6.20. The fraction of sp³-hybridized carbons (Fsp3) is 0.350. The summed E-state index contributed by atoms with van der Waals surface area (Å²) in [4.78, 5) is 7.64. The van der Waals surface area contributed by atoms with Crippen molar-refractivity contribution in [3.8, 4) is 0 Å². The summed E-state index contributed by atoms with van der Waals surface area (Å²) in [6.07, 6.45) is 5.10. The zero-order chi connectivity index (χ0) is 17.4. The predicted octanol–water partition coefficient (Wildman–Crippen LogP) is 4.09. The molecule has 130 valence electrons. The van der Waals surface area contributed by atoms with Gasteiger partial charge in [0.05, 0.1) is 5.60 Å². The van der Waals surface area contributed by atoms with E-state index in [-0.39, 0.29) is 5.92 Å². The van der Waals surface area contributed by atoms with Crippen molar-refractivity contribution in [3.63, 3.8) is 0 Å². The Hall–Kier alpha value is -1.88. The van der Waals surface area contributed by atoms with Crippen LogP contribution in [0.3, 0.4) is 0 Å². The van der Waals surface area contributed by atoms with Crippen LogP contribution in [0.25, 0.3) is 10.9 Å². The number of pyridine rings is 1. The number of nitrogens with zero attached hydrogens (tertiary/aromatic N) is 1. The van der Waals surface area contributed by atoms with Gasteiger partial charge < -0.3 is 15.4 Å². The minimum Gasteiger partial charge on any atom is -0.385 e. The average molecular weight is 356 g/mol. The van der Waals surface area contributed by atoms with Gasteiger partial charge in [0.2, 0.25) is 0 Å². The van der Waals surface area contributed by atoms with Crippen LogP contribution in [0.1, 0.15) is 42.5 Å². The maximum Gasteiger partial charge on any atom is 0.0876 e. The van der Waals surface area contributed by atoms with Gasteiger partial charge in [-0.1, -0.05) is 11.6 Å². The first kappa shape index (κ1) is 16.6. The van der Waals surface area contributed by atoms with Crippen LogP contribution in [-0.4, -0.2) is 21.6 Å². The van der Waals surface area contributed by atoms with E-state index in [1.54, 1.807) is 12.4 Å². The smallest absolute Gasteiger partial charge is 0.0876 e. The molecule has 0 saturated carbocycles. The Morgan fingerprint density at radius 1 is 1.28 bits per heavy atom. The van der Waals surface area contributed by atoms with Gasteiger partial charge in [-0.15, -0.1) is 0 Å². The average Bonchev–Trinajstić information content (AvgIpc) is 2.84. The van der Waals surface area contributed by atoms with Gasteiger partial charge in [-0.05, 0) is 67.8 Å². The lowest BCUT2D eigenvalue weighted by Gasteiger charge is -2.28. The summed E-state index contributed by atoms with van der Waals surface area (Å²) in [7, 11) is 0. The van der Waals surface area contributed by atoms with Gasteiger partial charge in [0.25, 0.3) is 0 Å². The monoisotopic (exact) mass is 355 g/mol. The van der Waals surface area contributed by atoms with Gasteiger partial charge in [0.1, 0.15) is 0 Å². The molecule has 25 heavy (non-hydrogen) atoms. The minimum absolute atomic E-state index is 0.249. The van der Waals surface area contributed by atoms with E-state index in [4.69, 9.17) is 11.6 Å². The Labute approximate surface area is 152 Å². The molecule has 0 saturated heterocycles. The van der Waals surface area contributed by atoms with Crippen molar-refractivity contribution in [2.45, 2.75) is 37.8 Å². The van der Waals surface area contributed by atoms with Crippen LogP contribution in [0.15, 0.2) is 42.7 Å². The molecule has 4 rings (SSSR count). The molecule has 3 N–H and O–H groups in total. The molecule has 2 unspecified atom stereocenters. The molecule has 3 heterocycles. The number of aliphatic hydroxyl groups is 1. The number of benzene rings is 1. The van der Waals surface area contributed by atoms with Crippen molar-refractivity contribution >= 4 is 22.5 Å². The van der Waals surface area contributed by atoms with Crippen LogP contribution in [0.2, 0.25) is 5.02 Å². The van der Waals surface area contributed by atoms with Gasteiger partial charge in [-0.2, -0.15) is 0 Å². The number of nitrogens with one attached hydrogen (secondary N) is 2. The van der Waals surface area contributed by atoms with Gasteiger partial charge in [-0.25, -0.2) is 0 Å². The molecular formula is C20H22ClN3O. The van der Waals surface area contributed by atoms with Gasteiger partial charge in [-0.3, -0.25) is 4.98 Å². The summed E-state index contributed by atoms with van der Waals surface area (Å²) in [5.41, 5.74) is 3.60. The van der Waals surface area contributed by atoms with Gasteiger partial charge in [0.15, 0.2) is 0 Å². The predicted molar refractivity (Wildman–Crippen MR) is 101 cm³/mol. The summed E-state index contributed by atoms with van der Waals surface area (Å²) in [6, 6.07) is 9.75. The molecule has 1 aliphatic heterocycles. The van der Waals surface area contributed by atoms with Gasteiger partial charge in [0, 0.05) is 46.5 Å². The summed E-state index contributed by atoms with van der Waals surface area (Å²) in [5, 5.41) is 16.5. The topological polar surface area (TPSA) is 60.9 Å². The Bertz CT molecular complexity index is 889.